The number of para-hydroxylation sites is 2. The highest BCUT2D eigenvalue weighted by molar-refractivity contribution is 5.93. The number of carbonyl (C=O) groups excluding carboxylic acids is 1. The lowest BCUT2D eigenvalue weighted by Gasteiger charge is -2.14. The quantitative estimate of drug-likeness (QED) is 0.660. The second-order valence-electron chi connectivity index (χ2n) is 3.89. The highest BCUT2D eigenvalue weighted by Gasteiger charge is 2.11. The summed E-state index contributed by atoms with van der Waals surface area (Å²) in [7, 11) is 0. The zero-order valence-electron chi connectivity index (χ0n) is 10.2. The maximum absolute atomic E-state index is 11.8. The van der Waals surface area contributed by atoms with E-state index in [-0.39, 0.29) is 12.5 Å². The molecule has 1 N–H and O–H groups in total. The van der Waals surface area contributed by atoms with Gasteiger partial charge in [-0.25, -0.2) is 5.01 Å². The summed E-state index contributed by atoms with van der Waals surface area (Å²) < 4.78 is 0. The van der Waals surface area contributed by atoms with Gasteiger partial charge in [0.25, 0.3) is 0 Å². The summed E-state index contributed by atoms with van der Waals surface area (Å²) in [5.41, 5.74) is 1.27. The van der Waals surface area contributed by atoms with Gasteiger partial charge in [0.2, 0.25) is 5.91 Å². The zero-order chi connectivity index (χ0) is 13.5. The molecule has 0 aliphatic rings. The zero-order valence-corrected chi connectivity index (χ0v) is 10.2. The molecular formula is C14H13N3O2. The third kappa shape index (κ3) is 3.64. The van der Waals surface area contributed by atoms with Crippen molar-refractivity contribution in [3.8, 4) is 0 Å². The van der Waals surface area contributed by atoms with E-state index in [1.807, 2.05) is 24.3 Å². The SMILES string of the molecule is O=NN(CC(=O)Nc1ccccc1)c1ccccc1. The maximum Gasteiger partial charge on any atom is 0.246 e. The second kappa shape index (κ2) is 6.30. The highest BCUT2D eigenvalue weighted by Crippen LogP contribution is 2.13. The Kier molecular flexibility index (Phi) is 4.23. The minimum atomic E-state index is -0.297. The van der Waals surface area contributed by atoms with Crippen molar-refractivity contribution < 1.29 is 4.79 Å². The van der Waals surface area contributed by atoms with Gasteiger partial charge >= 0.3 is 0 Å². The first-order valence-corrected chi connectivity index (χ1v) is 5.80. The smallest absolute Gasteiger partial charge is 0.246 e. The van der Waals surface area contributed by atoms with Crippen molar-refractivity contribution in [1.29, 1.82) is 0 Å². The predicted molar refractivity (Wildman–Crippen MR) is 74.7 cm³/mol. The Balaban J connectivity index is 1.99. The number of anilines is 2. The van der Waals surface area contributed by atoms with Gasteiger partial charge in [-0.3, -0.25) is 4.79 Å². The molecule has 0 atom stereocenters. The topological polar surface area (TPSA) is 61.8 Å². The van der Waals surface area contributed by atoms with Gasteiger partial charge < -0.3 is 5.32 Å². The monoisotopic (exact) mass is 255 g/mol. The molecule has 19 heavy (non-hydrogen) atoms. The van der Waals surface area contributed by atoms with E-state index in [0.717, 1.165) is 5.01 Å². The fraction of sp³-hybridized carbons (Fsp3) is 0.0714. The molecule has 5 heteroatoms. The third-order valence-corrected chi connectivity index (χ3v) is 2.50. The van der Waals surface area contributed by atoms with Crippen LogP contribution in [-0.2, 0) is 4.79 Å². The van der Waals surface area contributed by atoms with Crippen LogP contribution < -0.4 is 10.3 Å². The van der Waals surface area contributed by atoms with Crippen LogP contribution in [0.3, 0.4) is 0 Å². The van der Waals surface area contributed by atoms with Gasteiger partial charge in [0.1, 0.15) is 6.54 Å². The van der Waals surface area contributed by atoms with E-state index in [1.165, 1.54) is 0 Å². The van der Waals surface area contributed by atoms with Crippen LogP contribution in [0.25, 0.3) is 0 Å². The summed E-state index contributed by atoms with van der Waals surface area (Å²) in [6.45, 7) is -0.123. The van der Waals surface area contributed by atoms with Crippen molar-refractivity contribution in [3.63, 3.8) is 0 Å². The molecule has 1 amide bonds. The predicted octanol–water partition coefficient (Wildman–Crippen LogP) is 2.81. The van der Waals surface area contributed by atoms with Crippen LogP contribution >= 0.6 is 0 Å². The van der Waals surface area contributed by atoms with Gasteiger partial charge in [0, 0.05) is 5.69 Å². The average molecular weight is 255 g/mol. The summed E-state index contributed by atoms with van der Waals surface area (Å²) in [5.74, 6) is -0.297. The van der Waals surface area contributed by atoms with Crippen LogP contribution in [0.5, 0.6) is 0 Å². The fourth-order valence-electron chi connectivity index (χ4n) is 1.63. The molecule has 0 radical (unpaired) electrons. The Morgan fingerprint density at radius 1 is 1.00 bits per heavy atom. The molecule has 2 rings (SSSR count). The molecule has 0 saturated heterocycles. The van der Waals surface area contributed by atoms with E-state index in [4.69, 9.17) is 0 Å². The van der Waals surface area contributed by atoms with E-state index in [9.17, 15) is 9.70 Å². The van der Waals surface area contributed by atoms with Crippen LogP contribution in [0.1, 0.15) is 0 Å². The Bertz CT molecular complexity index is 543. The lowest BCUT2D eigenvalue weighted by Crippen LogP contribution is -2.29. The van der Waals surface area contributed by atoms with Crippen molar-refractivity contribution in [1.82, 2.24) is 0 Å². The number of benzene rings is 2. The summed E-state index contributed by atoms with van der Waals surface area (Å²) in [5, 5.41) is 6.67. The number of rotatable bonds is 5. The minimum absolute atomic E-state index is 0.123. The van der Waals surface area contributed by atoms with Gasteiger partial charge in [-0.1, -0.05) is 36.4 Å². The van der Waals surface area contributed by atoms with Crippen LogP contribution in [-0.4, -0.2) is 12.5 Å². The van der Waals surface area contributed by atoms with Crippen molar-refractivity contribution in [3.05, 3.63) is 65.6 Å². The number of carbonyl (C=O) groups is 1. The van der Waals surface area contributed by atoms with E-state index in [0.29, 0.717) is 11.4 Å². The maximum atomic E-state index is 11.8. The van der Waals surface area contributed by atoms with Crippen LogP contribution in [0.2, 0.25) is 0 Å². The number of nitrogens with zero attached hydrogens (tertiary/aromatic N) is 2. The molecule has 2 aromatic carbocycles. The molecule has 0 spiro atoms. The van der Waals surface area contributed by atoms with Gasteiger partial charge in [-0.2, -0.15) is 0 Å². The molecule has 0 saturated carbocycles. The third-order valence-electron chi connectivity index (χ3n) is 2.50. The first-order chi connectivity index (χ1) is 9.29. The van der Waals surface area contributed by atoms with Crippen molar-refractivity contribution in [2.45, 2.75) is 0 Å². The molecule has 96 valence electrons. The standard InChI is InChI=1S/C14H13N3O2/c18-14(15-12-7-3-1-4-8-12)11-17(16-19)13-9-5-2-6-10-13/h1-10H,11H2,(H,15,18). The molecule has 0 aromatic heterocycles. The van der Waals surface area contributed by atoms with Crippen LogP contribution in [0, 0.1) is 4.91 Å². The first kappa shape index (κ1) is 12.8. The minimum Gasteiger partial charge on any atom is -0.324 e. The summed E-state index contributed by atoms with van der Waals surface area (Å²) >= 11 is 0. The summed E-state index contributed by atoms with van der Waals surface area (Å²) in [4.78, 5) is 22.6. The van der Waals surface area contributed by atoms with E-state index in [2.05, 4.69) is 10.6 Å². The van der Waals surface area contributed by atoms with Crippen LogP contribution in [0.4, 0.5) is 11.4 Å². The lowest BCUT2D eigenvalue weighted by molar-refractivity contribution is -0.115. The van der Waals surface area contributed by atoms with Crippen molar-refractivity contribution >= 4 is 17.3 Å². The molecule has 5 nitrogen and oxygen atoms in total. The number of nitrogens with one attached hydrogen (secondary N) is 1. The van der Waals surface area contributed by atoms with Gasteiger partial charge in [-0.15, -0.1) is 4.91 Å². The first-order valence-electron chi connectivity index (χ1n) is 5.80. The van der Waals surface area contributed by atoms with Gasteiger partial charge in [0.15, 0.2) is 0 Å². The summed E-state index contributed by atoms with van der Waals surface area (Å²) in [6, 6.07) is 17.9. The molecular weight excluding hydrogens is 242 g/mol. The summed E-state index contributed by atoms with van der Waals surface area (Å²) in [6.07, 6.45) is 0. The van der Waals surface area contributed by atoms with E-state index in [1.54, 1.807) is 36.4 Å². The molecule has 0 heterocycles. The van der Waals surface area contributed by atoms with E-state index < -0.39 is 0 Å². The largest absolute Gasteiger partial charge is 0.324 e. The van der Waals surface area contributed by atoms with Gasteiger partial charge in [-0.05, 0) is 24.3 Å². The molecule has 0 aliphatic carbocycles. The van der Waals surface area contributed by atoms with Crippen molar-refractivity contribution in [2.75, 3.05) is 16.9 Å². The molecule has 2 aromatic rings. The Labute approximate surface area is 110 Å². The van der Waals surface area contributed by atoms with Gasteiger partial charge in [0.05, 0.1) is 11.0 Å². The number of nitroso groups, excluding NO2 is 1. The Morgan fingerprint density at radius 3 is 2.16 bits per heavy atom. The van der Waals surface area contributed by atoms with E-state index >= 15 is 0 Å². The fourth-order valence-corrected chi connectivity index (χ4v) is 1.63. The highest BCUT2D eigenvalue weighted by atomic mass is 16.3. The van der Waals surface area contributed by atoms with Crippen molar-refractivity contribution in [2.24, 2.45) is 5.29 Å². The molecule has 0 bridgehead atoms. The Morgan fingerprint density at radius 2 is 1.58 bits per heavy atom. The molecule has 0 fully saturated rings. The number of hydrogen-bond donors (Lipinski definition) is 1. The average Bonchev–Trinajstić information content (AvgIpc) is 2.47. The number of amides is 1. The molecule has 0 aliphatic heterocycles. The second-order valence-corrected chi connectivity index (χ2v) is 3.89. The lowest BCUT2D eigenvalue weighted by atomic mass is 10.3. The normalized spacial score (nSPS) is 9.68. The molecule has 0 unspecified atom stereocenters. The van der Waals surface area contributed by atoms with Crippen LogP contribution in [0.15, 0.2) is 65.9 Å². The number of hydrogen-bond acceptors (Lipinski definition) is 3. The Hall–Kier alpha value is -2.69.